The summed E-state index contributed by atoms with van der Waals surface area (Å²) < 4.78 is 13.8. The Hall–Kier alpha value is -0.120. The number of nitrogens with two attached hydrogens (primary N) is 1. The Kier molecular flexibility index (Phi) is 3.57. The van der Waals surface area contributed by atoms with Crippen molar-refractivity contribution in [2.45, 2.75) is 31.1 Å². The third-order valence-corrected chi connectivity index (χ3v) is 4.45. The SMILES string of the molecule is NCC1(c2cc(Br)c(F)cc2Cl)CCCC1. The molecule has 0 aliphatic heterocycles. The van der Waals surface area contributed by atoms with Crippen molar-refractivity contribution in [1.29, 1.82) is 0 Å². The first-order valence-corrected chi connectivity index (χ1v) is 6.61. The highest BCUT2D eigenvalue weighted by atomic mass is 79.9. The Morgan fingerprint density at radius 3 is 2.56 bits per heavy atom. The van der Waals surface area contributed by atoms with E-state index in [9.17, 15) is 4.39 Å². The Morgan fingerprint density at radius 2 is 2.00 bits per heavy atom. The highest BCUT2D eigenvalue weighted by Gasteiger charge is 2.36. The molecule has 0 radical (unpaired) electrons. The fraction of sp³-hybridized carbons (Fsp3) is 0.500. The molecule has 1 aromatic carbocycles. The van der Waals surface area contributed by atoms with Crippen LogP contribution < -0.4 is 5.73 Å². The monoisotopic (exact) mass is 305 g/mol. The average molecular weight is 307 g/mol. The molecule has 16 heavy (non-hydrogen) atoms. The first-order valence-electron chi connectivity index (χ1n) is 5.44. The molecule has 0 bridgehead atoms. The van der Waals surface area contributed by atoms with E-state index in [2.05, 4.69) is 15.9 Å². The van der Waals surface area contributed by atoms with Crippen LogP contribution in [0.25, 0.3) is 0 Å². The zero-order chi connectivity index (χ0) is 11.8. The van der Waals surface area contributed by atoms with E-state index >= 15 is 0 Å². The van der Waals surface area contributed by atoms with Crippen LogP contribution in [0, 0.1) is 5.82 Å². The first kappa shape index (κ1) is 12.3. The molecule has 1 aromatic rings. The molecule has 0 heterocycles. The van der Waals surface area contributed by atoms with Gasteiger partial charge in [-0.15, -0.1) is 0 Å². The maximum absolute atomic E-state index is 13.3. The molecule has 1 nitrogen and oxygen atoms in total. The van der Waals surface area contributed by atoms with Gasteiger partial charge in [-0.2, -0.15) is 0 Å². The summed E-state index contributed by atoms with van der Waals surface area (Å²) in [6, 6.07) is 3.16. The van der Waals surface area contributed by atoms with Gasteiger partial charge in [-0.25, -0.2) is 4.39 Å². The van der Waals surface area contributed by atoms with E-state index in [-0.39, 0.29) is 11.2 Å². The normalized spacial score (nSPS) is 19.0. The van der Waals surface area contributed by atoms with Gasteiger partial charge in [-0.3, -0.25) is 0 Å². The molecule has 0 unspecified atom stereocenters. The van der Waals surface area contributed by atoms with Crippen LogP contribution in [-0.4, -0.2) is 6.54 Å². The Balaban J connectivity index is 2.50. The molecule has 2 N–H and O–H groups in total. The highest BCUT2D eigenvalue weighted by Crippen LogP contribution is 2.44. The summed E-state index contributed by atoms with van der Waals surface area (Å²) in [5.41, 5.74) is 6.83. The summed E-state index contributed by atoms with van der Waals surface area (Å²) in [5, 5.41) is 0.494. The molecule has 1 saturated carbocycles. The molecule has 0 saturated heterocycles. The van der Waals surface area contributed by atoms with Gasteiger partial charge in [0.05, 0.1) is 4.47 Å². The number of halogens is 3. The minimum absolute atomic E-state index is 0.0483. The van der Waals surface area contributed by atoms with Crippen molar-refractivity contribution in [3.63, 3.8) is 0 Å². The summed E-state index contributed by atoms with van der Waals surface area (Å²) in [5.74, 6) is -0.320. The van der Waals surface area contributed by atoms with E-state index in [0.717, 1.165) is 18.4 Å². The van der Waals surface area contributed by atoms with Gasteiger partial charge in [0.2, 0.25) is 0 Å². The number of rotatable bonds is 2. The maximum Gasteiger partial charge on any atom is 0.138 e. The predicted molar refractivity (Wildman–Crippen MR) is 68.3 cm³/mol. The van der Waals surface area contributed by atoms with Gasteiger partial charge < -0.3 is 5.73 Å². The van der Waals surface area contributed by atoms with E-state index in [1.54, 1.807) is 6.07 Å². The summed E-state index contributed by atoms with van der Waals surface area (Å²) in [7, 11) is 0. The van der Waals surface area contributed by atoms with Crippen LogP contribution in [0.3, 0.4) is 0 Å². The average Bonchev–Trinajstić information content (AvgIpc) is 2.73. The van der Waals surface area contributed by atoms with E-state index in [4.69, 9.17) is 17.3 Å². The lowest BCUT2D eigenvalue weighted by molar-refractivity contribution is 0.452. The zero-order valence-corrected chi connectivity index (χ0v) is 11.2. The van der Waals surface area contributed by atoms with Crippen LogP contribution in [-0.2, 0) is 5.41 Å². The van der Waals surface area contributed by atoms with Crippen molar-refractivity contribution in [3.05, 3.63) is 33.0 Å². The van der Waals surface area contributed by atoms with Crippen molar-refractivity contribution in [3.8, 4) is 0 Å². The molecule has 1 aliphatic carbocycles. The van der Waals surface area contributed by atoms with Crippen LogP contribution in [0.4, 0.5) is 4.39 Å². The Morgan fingerprint density at radius 1 is 1.38 bits per heavy atom. The second-order valence-electron chi connectivity index (χ2n) is 4.44. The topological polar surface area (TPSA) is 26.0 Å². The molecular formula is C12H14BrClFN. The van der Waals surface area contributed by atoms with Gasteiger partial charge >= 0.3 is 0 Å². The van der Waals surface area contributed by atoms with Crippen molar-refractivity contribution in [2.75, 3.05) is 6.54 Å². The number of benzene rings is 1. The molecule has 88 valence electrons. The smallest absolute Gasteiger partial charge is 0.138 e. The van der Waals surface area contributed by atoms with Crippen LogP contribution in [0.1, 0.15) is 31.2 Å². The summed E-state index contributed by atoms with van der Waals surface area (Å²) in [6.45, 7) is 0.574. The fourth-order valence-electron chi connectivity index (χ4n) is 2.56. The molecule has 4 heteroatoms. The predicted octanol–water partition coefficient (Wildman–Crippen LogP) is 4.01. The van der Waals surface area contributed by atoms with Crippen LogP contribution in [0.2, 0.25) is 5.02 Å². The largest absolute Gasteiger partial charge is 0.330 e. The molecule has 1 fully saturated rings. The summed E-state index contributed by atoms with van der Waals surface area (Å²) in [4.78, 5) is 0. The summed E-state index contributed by atoms with van der Waals surface area (Å²) >= 11 is 9.34. The van der Waals surface area contributed by atoms with E-state index in [1.165, 1.54) is 18.9 Å². The summed E-state index contributed by atoms with van der Waals surface area (Å²) in [6.07, 6.45) is 4.42. The van der Waals surface area contributed by atoms with Crippen molar-refractivity contribution in [2.24, 2.45) is 5.73 Å². The van der Waals surface area contributed by atoms with Crippen molar-refractivity contribution in [1.82, 2.24) is 0 Å². The Labute approximate surface area is 108 Å². The third kappa shape index (κ3) is 2.01. The van der Waals surface area contributed by atoms with Gasteiger partial charge in [-0.05, 0) is 46.5 Å². The molecular weight excluding hydrogens is 292 g/mol. The van der Waals surface area contributed by atoms with E-state index in [1.807, 2.05) is 0 Å². The lowest BCUT2D eigenvalue weighted by Gasteiger charge is -2.29. The van der Waals surface area contributed by atoms with Crippen LogP contribution in [0.15, 0.2) is 16.6 Å². The van der Waals surface area contributed by atoms with Crippen LogP contribution >= 0.6 is 27.5 Å². The second-order valence-corrected chi connectivity index (χ2v) is 5.70. The lowest BCUT2D eigenvalue weighted by atomic mass is 9.79. The third-order valence-electron chi connectivity index (χ3n) is 3.53. The minimum atomic E-state index is -0.320. The zero-order valence-electron chi connectivity index (χ0n) is 8.90. The van der Waals surface area contributed by atoms with Gasteiger partial charge in [-0.1, -0.05) is 24.4 Å². The minimum Gasteiger partial charge on any atom is -0.330 e. The Bertz CT molecular complexity index is 402. The quantitative estimate of drug-likeness (QED) is 0.821. The lowest BCUT2D eigenvalue weighted by Crippen LogP contribution is -2.32. The molecule has 0 spiro atoms. The number of hydrogen-bond acceptors (Lipinski definition) is 1. The number of hydrogen-bond donors (Lipinski definition) is 1. The van der Waals surface area contributed by atoms with Gasteiger partial charge in [0, 0.05) is 17.0 Å². The van der Waals surface area contributed by atoms with Crippen molar-refractivity contribution >= 4 is 27.5 Å². The standard InChI is InChI=1S/C12H14BrClFN/c13-9-5-8(10(14)6-11(9)15)12(7-16)3-1-2-4-12/h5-6H,1-4,7,16H2. The molecule has 0 amide bonds. The van der Waals surface area contributed by atoms with E-state index in [0.29, 0.717) is 16.0 Å². The molecule has 2 rings (SSSR count). The van der Waals surface area contributed by atoms with Crippen LogP contribution in [0.5, 0.6) is 0 Å². The molecule has 0 aromatic heterocycles. The van der Waals surface area contributed by atoms with Crippen molar-refractivity contribution < 1.29 is 4.39 Å². The highest BCUT2D eigenvalue weighted by molar-refractivity contribution is 9.10. The second kappa shape index (κ2) is 4.63. The van der Waals surface area contributed by atoms with E-state index < -0.39 is 0 Å². The van der Waals surface area contributed by atoms with Gasteiger partial charge in [0.15, 0.2) is 0 Å². The van der Waals surface area contributed by atoms with Gasteiger partial charge in [0.25, 0.3) is 0 Å². The maximum atomic E-state index is 13.3. The molecule has 0 atom stereocenters. The molecule has 1 aliphatic rings. The van der Waals surface area contributed by atoms with Gasteiger partial charge in [0.1, 0.15) is 5.82 Å². The first-order chi connectivity index (χ1) is 7.59. The fourth-order valence-corrected chi connectivity index (χ4v) is 3.26.